The molecule has 4 rings (SSSR count). The van der Waals surface area contributed by atoms with Gasteiger partial charge >= 0.3 is 0 Å². The van der Waals surface area contributed by atoms with Gasteiger partial charge in [0.25, 0.3) is 0 Å². The topological polar surface area (TPSA) is 33.0 Å². The van der Waals surface area contributed by atoms with Gasteiger partial charge < -0.3 is 4.74 Å². The van der Waals surface area contributed by atoms with E-state index in [9.17, 15) is 5.26 Å². The van der Waals surface area contributed by atoms with E-state index in [4.69, 9.17) is 4.74 Å². The molecule has 4 aliphatic rings. The third-order valence-corrected chi connectivity index (χ3v) is 8.15. The molecule has 2 saturated carbocycles. The predicted octanol–water partition coefficient (Wildman–Crippen LogP) is 5.23. The maximum Gasteiger partial charge on any atom is 0.0958 e. The van der Waals surface area contributed by atoms with E-state index in [1.54, 1.807) is 7.11 Å². The fourth-order valence-electron chi connectivity index (χ4n) is 6.67. The molecule has 0 spiro atoms. The average molecular weight is 311 g/mol. The molecule has 3 unspecified atom stereocenters. The summed E-state index contributed by atoms with van der Waals surface area (Å²) in [6, 6.07) is 2.64. The Labute approximate surface area is 140 Å². The summed E-state index contributed by atoms with van der Waals surface area (Å²) in [5.41, 5.74) is 2.14. The zero-order chi connectivity index (χ0) is 16.2. The van der Waals surface area contributed by atoms with Crippen LogP contribution in [-0.4, -0.2) is 7.11 Å². The van der Waals surface area contributed by atoms with Gasteiger partial charge in [-0.3, -0.25) is 0 Å². The highest BCUT2D eigenvalue weighted by Crippen LogP contribution is 2.65. The fourth-order valence-corrected chi connectivity index (χ4v) is 6.67. The summed E-state index contributed by atoms with van der Waals surface area (Å²) in [6.07, 6.45) is 13.3. The number of hydrogen-bond donors (Lipinski definition) is 0. The van der Waals surface area contributed by atoms with E-state index in [0.717, 1.165) is 36.4 Å². The maximum atomic E-state index is 9.58. The average Bonchev–Trinajstić information content (AvgIpc) is 2.90. The van der Waals surface area contributed by atoms with Gasteiger partial charge in [0.2, 0.25) is 0 Å². The third-order valence-electron chi connectivity index (χ3n) is 8.15. The molecular formula is C21H29NO. The van der Waals surface area contributed by atoms with Crippen LogP contribution in [0.3, 0.4) is 0 Å². The van der Waals surface area contributed by atoms with E-state index in [2.05, 4.69) is 32.1 Å². The molecule has 6 atom stereocenters. The first-order chi connectivity index (χ1) is 11.0. The molecule has 23 heavy (non-hydrogen) atoms. The number of ether oxygens (including phenoxy) is 1. The molecule has 0 aromatic rings. The van der Waals surface area contributed by atoms with Gasteiger partial charge in [0, 0.05) is 6.42 Å². The Bertz CT molecular complexity index is 612. The molecule has 2 heteroatoms. The van der Waals surface area contributed by atoms with Gasteiger partial charge in [-0.25, -0.2) is 0 Å². The number of hydrogen-bond acceptors (Lipinski definition) is 2. The van der Waals surface area contributed by atoms with Gasteiger partial charge in [0.1, 0.15) is 0 Å². The Morgan fingerprint density at radius 1 is 1.17 bits per heavy atom. The van der Waals surface area contributed by atoms with Crippen molar-refractivity contribution in [1.29, 1.82) is 5.26 Å². The first kappa shape index (κ1) is 15.3. The Kier molecular flexibility index (Phi) is 3.42. The lowest BCUT2D eigenvalue weighted by molar-refractivity contribution is -0.0294. The molecule has 0 amide bonds. The van der Waals surface area contributed by atoms with Crippen molar-refractivity contribution in [2.75, 3.05) is 7.11 Å². The zero-order valence-corrected chi connectivity index (χ0v) is 14.8. The highest BCUT2D eigenvalue weighted by molar-refractivity contribution is 5.35. The second-order valence-electron chi connectivity index (χ2n) is 8.81. The summed E-state index contributed by atoms with van der Waals surface area (Å²) in [4.78, 5) is 0. The van der Waals surface area contributed by atoms with Crippen LogP contribution in [-0.2, 0) is 4.74 Å². The predicted molar refractivity (Wildman–Crippen MR) is 91.3 cm³/mol. The Hall–Kier alpha value is -1.23. The number of methoxy groups -OCH3 is 1. The molecule has 0 heterocycles. The summed E-state index contributed by atoms with van der Waals surface area (Å²) in [7, 11) is 1.80. The highest BCUT2D eigenvalue weighted by atomic mass is 16.5. The van der Waals surface area contributed by atoms with Crippen LogP contribution < -0.4 is 0 Å². The van der Waals surface area contributed by atoms with Crippen LogP contribution >= 0.6 is 0 Å². The highest BCUT2D eigenvalue weighted by Gasteiger charge is 2.58. The van der Waals surface area contributed by atoms with Crippen LogP contribution in [0.15, 0.2) is 23.5 Å². The van der Waals surface area contributed by atoms with Crippen molar-refractivity contribution in [3.8, 4) is 6.07 Å². The Balaban J connectivity index is 1.69. The van der Waals surface area contributed by atoms with Crippen LogP contribution in [0.25, 0.3) is 0 Å². The van der Waals surface area contributed by atoms with Gasteiger partial charge in [0.15, 0.2) is 0 Å². The summed E-state index contributed by atoms with van der Waals surface area (Å²) in [5.74, 6) is 3.79. The quantitative estimate of drug-likeness (QED) is 0.664. The van der Waals surface area contributed by atoms with Crippen molar-refractivity contribution >= 4 is 0 Å². The van der Waals surface area contributed by atoms with Crippen molar-refractivity contribution in [2.45, 2.75) is 58.8 Å². The van der Waals surface area contributed by atoms with Crippen LogP contribution in [0.2, 0.25) is 0 Å². The summed E-state index contributed by atoms with van der Waals surface area (Å²) in [6.45, 7) is 4.91. The van der Waals surface area contributed by atoms with Crippen LogP contribution in [0, 0.1) is 45.8 Å². The second-order valence-corrected chi connectivity index (χ2v) is 8.81. The van der Waals surface area contributed by atoms with E-state index >= 15 is 0 Å². The van der Waals surface area contributed by atoms with E-state index in [1.165, 1.54) is 37.7 Å². The third kappa shape index (κ3) is 1.98. The van der Waals surface area contributed by atoms with Gasteiger partial charge in [0.05, 0.1) is 24.9 Å². The molecule has 0 aromatic heterocycles. The van der Waals surface area contributed by atoms with Gasteiger partial charge in [-0.15, -0.1) is 0 Å². The van der Waals surface area contributed by atoms with E-state index < -0.39 is 0 Å². The summed E-state index contributed by atoms with van der Waals surface area (Å²) in [5, 5.41) is 9.58. The first-order valence-electron chi connectivity index (χ1n) is 9.38. The van der Waals surface area contributed by atoms with Gasteiger partial charge in [-0.1, -0.05) is 19.9 Å². The molecule has 124 valence electrons. The minimum atomic E-state index is 0.278. The smallest absolute Gasteiger partial charge is 0.0958 e. The molecule has 4 aliphatic carbocycles. The molecule has 0 aliphatic heterocycles. The molecule has 0 bridgehead atoms. The second kappa shape index (κ2) is 5.13. The molecule has 2 fully saturated rings. The monoisotopic (exact) mass is 311 g/mol. The molecule has 2 nitrogen and oxygen atoms in total. The van der Waals surface area contributed by atoms with E-state index in [-0.39, 0.29) is 11.3 Å². The lowest BCUT2D eigenvalue weighted by Gasteiger charge is -2.56. The minimum absolute atomic E-state index is 0.278. The fraction of sp³-hybridized carbons (Fsp3) is 0.762. The largest absolute Gasteiger partial charge is 0.501 e. The van der Waals surface area contributed by atoms with Crippen LogP contribution in [0.4, 0.5) is 0 Å². The standard InChI is InChI=1S/C21H29NO/c1-20-10-8-16(23-3)12-14(20)4-6-17-18-7-5-15(13-22)21(18,2)11-9-19(17)20/h4,12,15,17-19H,5-11H2,1-3H3/t15-,17?,18?,19?,20+,21-/m1/s1. The molecule has 0 aromatic carbocycles. The minimum Gasteiger partial charge on any atom is -0.501 e. The lowest BCUT2D eigenvalue weighted by Crippen LogP contribution is -2.49. The number of fused-ring (bicyclic) bond motifs is 5. The van der Waals surface area contributed by atoms with Gasteiger partial charge in [-0.2, -0.15) is 5.26 Å². The van der Waals surface area contributed by atoms with Crippen molar-refractivity contribution in [3.05, 3.63) is 23.5 Å². The lowest BCUT2D eigenvalue weighted by atomic mass is 9.48. The Morgan fingerprint density at radius 3 is 2.74 bits per heavy atom. The molecule has 0 radical (unpaired) electrons. The van der Waals surface area contributed by atoms with Crippen molar-refractivity contribution in [3.63, 3.8) is 0 Å². The molecular weight excluding hydrogens is 282 g/mol. The zero-order valence-electron chi connectivity index (χ0n) is 14.8. The number of allylic oxidation sites excluding steroid dienone is 4. The summed E-state index contributed by atoms with van der Waals surface area (Å²) < 4.78 is 5.52. The van der Waals surface area contributed by atoms with Crippen molar-refractivity contribution in [1.82, 2.24) is 0 Å². The van der Waals surface area contributed by atoms with E-state index in [0.29, 0.717) is 5.41 Å². The van der Waals surface area contributed by atoms with Crippen molar-refractivity contribution < 1.29 is 4.74 Å². The first-order valence-corrected chi connectivity index (χ1v) is 9.38. The normalized spacial score (nSPS) is 48.3. The number of rotatable bonds is 1. The Morgan fingerprint density at radius 2 is 2.00 bits per heavy atom. The molecule has 0 saturated heterocycles. The van der Waals surface area contributed by atoms with Gasteiger partial charge in [-0.05, 0) is 78.8 Å². The van der Waals surface area contributed by atoms with Crippen LogP contribution in [0.1, 0.15) is 58.8 Å². The number of nitrogens with zero attached hydrogens (tertiary/aromatic N) is 1. The van der Waals surface area contributed by atoms with E-state index in [1.807, 2.05) is 0 Å². The van der Waals surface area contributed by atoms with Crippen molar-refractivity contribution in [2.24, 2.45) is 34.5 Å². The SMILES string of the molecule is COC1=CC2=CCC3C(CC[C@@]4(C)C3CC[C@@H]4C#N)[C@@]2(C)CC1. The van der Waals surface area contributed by atoms with Crippen LogP contribution in [0.5, 0.6) is 0 Å². The maximum absolute atomic E-state index is 9.58. The number of nitriles is 1. The molecule has 0 N–H and O–H groups in total. The summed E-state index contributed by atoms with van der Waals surface area (Å²) >= 11 is 0.